The largest absolute Gasteiger partial charge is 0.351 e. The molecule has 0 spiro atoms. The van der Waals surface area contributed by atoms with Crippen molar-refractivity contribution in [1.29, 1.82) is 0 Å². The second-order valence-corrected chi connectivity index (χ2v) is 3.11. The van der Waals surface area contributed by atoms with Crippen LogP contribution >= 0.6 is 0 Å². The van der Waals surface area contributed by atoms with Gasteiger partial charge in [0, 0.05) is 18.7 Å². The summed E-state index contributed by atoms with van der Waals surface area (Å²) in [6.45, 7) is 0.455. The van der Waals surface area contributed by atoms with Gasteiger partial charge >= 0.3 is 0 Å². The summed E-state index contributed by atoms with van der Waals surface area (Å²) >= 11 is 0. The Kier molecular flexibility index (Phi) is 2.77. The first kappa shape index (κ1) is 10.1. The predicted molar refractivity (Wildman–Crippen MR) is 56.8 cm³/mol. The number of nitro benzene ring substituents is 1. The molecule has 0 fully saturated rings. The van der Waals surface area contributed by atoms with Crippen LogP contribution in [0.1, 0.15) is 5.56 Å². The lowest BCUT2D eigenvalue weighted by atomic mass is 10.2. The summed E-state index contributed by atoms with van der Waals surface area (Å²) in [5.74, 6) is 0.534. The number of benzene rings is 1. The maximum atomic E-state index is 10.5. The number of H-pyrrole nitrogens is 1. The quantitative estimate of drug-likeness (QED) is 0.597. The van der Waals surface area contributed by atoms with E-state index in [4.69, 9.17) is 0 Å². The average molecular weight is 219 g/mol. The highest BCUT2D eigenvalue weighted by atomic mass is 16.6. The van der Waals surface area contributed by atoms with Gasteiger partial charge < -0.3 is 5.32 Å². The smallest absolute Gasteiger partial charge is 0.269 e. The minimum atomic E-state index is -0.419. The summed E-state index contributed by atoms with van der Waals surface area (Å²) < 4.78 is 0. The van der Waals surface area contributed by atoms with E-state index in [-0.39, 0.29) is 5.69 Å². The van der Waals surface area contributed by atoms with E-state index in [1.165, 1.54) is 18.5 Å². The molecular formula is C9H9N5O2. The number of nitro groups is 1. The van der Waals surface area contributed by atoms with Gasteiger partial charge in [0.05, 0.1) is 4.92 Å². The van der Waals surface area contributed by atoms with E-state index in [0.717, 1.165) is 5.56 Å². The molecule has 2 rings (SSSR count). The number of hydrogen-bond acceptors (Lipinski definition) is 5. The highest BCUT2D eigenvalue weighted by Gasteiger charge is 2.05. The van der Waals surface area contributed by atoms with Gasteiger partial charge in [0.25, 0.3) is 5.69 Å². The summed E-state index contributed by atoms with van der Waals surface area (Å²) in [5.41, 5.74) is 0.891. The summed E-state index contributed by atoms with van der Waals surface area (Å²) in [4.78, 5) is 14.0. The van der Waals surface area contributed by atoms with Crippen LogP contribution in [0.2, 0.25) is 0 Å². The Labute approximate surface area is 90.7 Å². The molecule has 7 heteroatoms. The molecule has 82 valence electrons. The van der Waals surface area contributed by atoms with E-state index in [1.807, 2.05) is 0 Å². The zero-order chi connectivity index (χ0) is 11.4. The van der Waals surface area contributed by atoms with E-state index in [1.54, 1.807) is 12.1 Å². The monoisotopic (exact) mass is 219 g/mol. The Morgan fingerprint density at radius 1 is 1.50 bits per heavy atom. The lowest BCUT2D eigenvalue weighted by Crippen LogP contribution is -2.01. The molecule has 1 heterocycles. The third kappa shape index (κ3) is 2.32. The van der Waals surface area contributed by atoms with Gasteiger partial charge in [0.1, 0.15) is 6.33 Å². The minimum Gasteiger partial charge on any atom is -0.351 e. The molecule has 0 atom stereocenters. The predicted octanol–water partition coefficient (Wildman–Crippen LogP) is 1.32. The van der Waals surface area contributed by atoms with Crippen LogP contribution in [0.5, 0.6) is 0 Å². The summed E-state index contributed by atoms with van der Waals surface area (Å²) in [7, 11) is 0. The Balaban J connectivity index is 2.04. The zero-order valence-corrected chi connectivity index (χ0v) is 8.25. The number of nitrogens with one attached hydrogen (secondary N) is 2. The topological polar surface area (TPSA) is 96.7 Å². The van der Waals surface area contributed by atoms with Gasteiger partial charge in [-0.3, -0.25) is 10.1 Å². The van der Waals surface area contributed by atoms with Gasteiger partial charge in [0.2, 0.25) is 5.95 Å². The maximum Gasteiger partial charge on any atom is 0.269 e. The van der Waals surface area contributed by atoms with Crippen LogP contribution in [-0.2, 0) is 6.54 Å². The highest BCUT2D eigenvalue weighted by Crippen LogP contribution is 2.13. The first-order chi connectivity index (χ1) is 7.75. The molecule has 0 saturated heterocycles. The van der Waals surface area contributed by atoms with Crippen LogP contribution < -0.4 is 5.32 Å². The van der Waals surface area contributed by atoms with Gasteiger partial charge in [-0.05, 0) is 5.56 Å². The molecule has 1 aromatic carbocycles. The molecule has 16 heavy (non-hydrogen) atoms. The first-order valence-corrected chi connectivity index (χ1v) is 4.58. The molecule has 2 aromatic rings. The highest BCUT2D eigenvalue weighted by molar-refractivity contribution is 5.36. The molecule has 0 unspecified atom stereocenters. The van der Waals surface area contributed by atoms with Crippen LogP contribution in [0, 0.1) is 10.1 Å². The fraction of sp³-hybridized carbons (Fsp3) is 0.111. The molecule has 0 amide bonds. The van der Waals surface area contributed by atoms with Crippen LogP contribution in [0.15, 0.2) is 30.6 Å². The third-order valence-electron chi connectivity index (χ3n) is 2.00. The van der Waals surface area contributed by atoms with E-state index in [0.29, 0.717) is 12.5 Å². The van der Waals surface area contributed by atoms with Crippen molar-refractivity contribution in [2.24, 2.45) is 0 Å². The minimum absolute atomic E-state index is 0.0804. The van der Waals surface area contributed by atoms with Crippen molar-refractivity contribution >= 4 is 11.6 Å². The van der Waals surface area contributed by atoms with Gasteiger partial charge in [-0.15, -0.1) is 0 Å². The second kappa shape index (κ2) is 4.39. The van der Waals surface area contributed by atoms with Crippen molar-refractivity contribution in [1.82, 2.24) is 15.2 Å². The molecule has 0 bridgehead atoms. The van der Waals surface area contributed by atoms with Gasteiger partial charge in [0.15, 0.2) is 0 Å². The Bertz CT molecular complexity index is 482. The van der Waals surface area contributed by atoms with Crippen LogP contribution in [0.25, 0.3) is 0 Å². The van der Waals surface area contributed by atoms with Crippen molar-refractivity contribution < 1.29 is 4.92 Å². The van der Waals surface area contributed by atoms with Crippen molar-refractivity contribution in [3.63, 3.8) is 0 Å². The zero-order valence-electron chi connectivity index (χ0n) is 8.25. The Hall–Kier alpha value is -2.44. The first-order valence-electron chi connectivity index (χ1n) is 4.58. The van der Waals surface area contributed by atoms with E-state index in [2.05, 4.69) is 20.5 Å². The molecule has 0 aliphatic carbocycles. The SMILES string of the molecule is O=[N+]([O-])c1cccc(CNc2ncn[nH]2)c1. The summed E-state index contributed by atoms with van der Waals surface area (Å²) in [6, 6.07) is 6.42. The lowest BCUT2D eigenvalue weighted by molar-refractivity contribution is -0.384. The molecule has 0 aliphatic rings. The van der Waals surface area contributed by atoms with Crippen molar-refractivity contribution in [2.45, 2.75) is 6.54 Å². The van der Waals surface area contributed by atoms with E-state index >= 15 is 0 Å². The molecule has 0 saturated carbocycles. The molecular weight excluding hydrogens is 210 g/mol. The fourth-order valence-corrected chi connectivity index (χ4v) is 1.26. The van der Waals surface area contributed by atoms with Gasteiger partial charge in [-0.1, -0.05) is 12.1 Å². The Morgan fingerprint density at radius 3 is 3.06 bits per heavy atom. The number of non-ortho nitro benzene ring substituents is 1. The molecule has 2 N–H and O–H groups in total. The van der Waals surface area contributed by atoms with E-state index < -0.39 is 4.92 Å². The number of anilines is 1. The fourth-order valence-electron chi connectivity index (χ4n) is 1.26. The van der Waals surface area contributed by atoms with Crippen LogP contribution in [-0.4, -0.2) is 20.1 Å². The average Bonchev–Trinajstić information content (AvgIpc) is 2.79. The van der Waals surface area contributed by atoms with Crippen molar-refractivity contribution in [3.8, 4) is 0 Å². The maximum absolute atomic E-state index is 10.5. The third-order valence-corrected chi connectivity index (χ3v) is 2.00. The van der Waals surface area contributed by atoms with Crippen LogP contribution in [0.3, 0.4) is 0 Å². The standard InChI is InChI=1S/C9H9N5O2/c15-14(16)8-3-1-2-7(4-8)5-10-9-11-6-12-13-9/h1-4,6H,5H2,(H2,10,11,12,13). The second-order valence-electron chi connectivity index (χ2n) is 3.11. The summed E-state index contributed by atoms with van der Waals surface area (Å²) in [6.07, 6.45) is 1.38. The summed E-state index contributed by atoms with van der Waals surface area (Å²) in [5, 5.41) is 19.8. The molecule has 7 nitrogen and oxygen atoms in total. The lowest BCUT2D eigenvalue weighted by Gasteiger charge is -2.02. The van der Waals surface area contributed by atoms with Crippen molar-refractivity contribution in [2.75, 3.05) is 5.32 Å². The Morgan fingerprint density at radius 2 is 2.38 bits per heavy atom. The number of rotatable bonds is 4. The van der Waals surface area contributed by atoms with Gasteiger partial charge in [-0.2, -0.15) is 5.10 Å². The number of aromatic nitrogens is 3. The normalized spacial score (nSPS) is 10.0. The number of hydrogen-bond donors (Lipinski definition) is 2. The molecule has 0 aliphatic heterocycles. The number of aromatic amines is 1. The molecule has 0 radical (unpaired) electrons. The number of nitrogens with zero attached hydrogens (tertiary/aromatic N) is 3. The van der Waals surface area contributed by atoms with E-state index in [9.17, 15) is 10.1 Å². The van der Waals surface area contributed by atoms with Crippen molar-refractivity contribution in [3.05, 3.63) is 46.3 Å². The van der Waals surface area contributed by atoms with Gasteiger partial charge in [-0.25, -0.2) is 10.1 Å². The molecule has 1 aromatic heterocycles. The van der Waals surface area contributed by atoms with Crippen LogP contribution in [0.4, 0.5) is 11.6 Å².